The maximum atomic E-state index is 8.84. The van der Waals surface area contributed by atoms with E-state index in [0.29, 0.717) is 6.61 Å². The van der Waals surface area contributed by atoms with Gasteiger partial charge in [-0.3, -0.25) is 0 Å². The van der Waals surface area contributed by atoms with Gasteiger partial charge in [0.1, 0.15) is 17.7 Å². The van der Waals surface area contributed by atoms with Gasteiger partial charge in [-0.1, -0.05) is 0 Å². The van der Waals surface area contributed by atoms with E-state index in [4.69, 9.17) is 25.7 Å². The Kier molecular flexibility index (Phi) is 2.99. The van der Waals surface area contributed by atoms with E-state index < -0.39 is 5.79 Å². The number of allylic oxidation sites excluding steroid dienone is 2. The van der Waals surface area contributed by atoms with Crippen LogP contribution < -0.4 is 5.73 Å². The number of hydrogen-bond acceptors (Lipinski definition) is 5. The first-order chi connectivity index (χ1) is 7.06. The van der Waals surface area contributed by atoms with Crippen LogP contribution in [0.25, 0.3) is 0 Å². The molecule has 78 valence electrons. The van der Waals surface area contributed by atoms with Crippen molar-refractivity contribution in [1.29, 1.82) is 10.5 Å². The molecule has 0 saturated heterocycles. The minimum absolute atomic E-state index is 0.0506. The summed E-state index contributed by atoms with van der Waals surface area (Å²) in [4.78, 5) is 0. The molecule has 0 saturated carbocycles. The van der Waals surface area contributed by atoms with Gasteiger partial charge in [-0.15, -0.1) is 0 Å². The fraction of sp³-hybridized carbons (Fsp3) is 0.400. The lowest BCUT2D eigenvalue weighted by molar-refractivity contribution is -0.168. The molecule has 0 unspecified atom stereocenters. The molecule has 0 spiro atoms. The third-order valence-electron chi connectivity index (χ3n) is 1.90. The summed E-state index contributed by atoms with van der Waals surface area (Å²) in [6, 6.07) is 3.71. The van der Waals surface area contributed by atoms with Crippen LogP contribution in [0.4, 0.5) is 0 Å². The first-order valence-electron chi connectivity index (χ1n) is 4.42. The molecule has 5 nitrogen and oxygen atoms in total. The molecule has 1 atom stereocenters. The van der Waals surface area contributed by atoms with Crippen LogP contribution in [0.15, 0.2) is 23.1 Å². The van der Waals surface area contributed by atoms with Gasteiger partial charge in [0.25, 0.3) is 0 Å². The van der Waals surface area contributed by atoms with Gasteiger partial charge in [0, 0.05) is 19.6 Å². The van der Waals surface area contributed by atoms with Gasteiger partial charge in [0.15, 0.2) is 0 Å². The average Bonchev–Trinajstić information content (AvgIpc) is 2.16. The minimum Gasteiger partial charge on any atom is -0.443 e. The molecule has 0 aliphatic carbocycles. The molecule has 0 fully saturated rings. The maximum absolute atomic E-state index is 8.84. The van der Waals surface area contributed by atoms with Crippen molar-refractivity contribution in [2.45, 2.75) is 19.6 Å². The van der Waals surface area contributed by atoms with Gasteiger partial charge < -0.3 is 15.2 Å². The Hall–Kier alpha value is -1.98. The van der Waals surface area contributed by atoms with E-state index >= 15 is 0 Å². The number of ether oxygens (including phenoxy) is 2. The summed E-state index contributed by atoms with van der Waals surface area (Å²) < 4.78 is 10.5. The number of nitrogens with zero attached hydrogens (tertiary/aromatic N) is 2. The fourth-order valence-electron chi connectivity index (χ4n) is 1.33. The van der Waals surface area contributed by atoms with Crippen molar-refractivity contribution in [3.63, 3.8) is 0 Å². The third-order valence-corrected chi connectivity index (χ3v) is 1.90. The van der Waals surface area contributed by atoms with Gasteiger partial charge in [-0.05, 0) is 6.92 Å². The molecular formula is C10H11N3O2. The molecule has 0 aromatic rings. The first kappa shape index (κ1) is 11.1. The van der Waals surface area contributed by atoms with Crippen molar-refractivity contribution < 1.29 is 9.47 Å². The standard InChI is InChI=1S/C10H11N3O2/c1-3-14-10(2)4-7(5-11)8(6-12)9(13)15-10/h4H,3,13H2,1-2H3/t10-/m0/s1. The Morgan fingerprint density at radius 1 is 1.53 bits per heavy atom. The van der Waals surface area contributed by atoms with Crippen LogP contribution in [0, 0.1) is 22.7 Å². The second-order valence-electron chi connectivity index (χ2n) is 3.07. The Morgan fingerprint density at radius 2 is 2.20 bits per heavy atom. The second kappa shape index (κ2) is 4.04. The van der Waals surface area contributed by atoms with Crippen LogP contribution in [-0.2, 0) is 9.47 Å². The van der Waals surface area contributed by atoms with Gasteiger partial charge in [-0.2, -0.15) is 10.5 Å². The van der Waals surface area contributed by atoms with E-state index in [1.807, 2.05) is 12.1 Å². The zero-order valence-corrected chi connectivity index (χ0v) is 8.57. The molecule has 1 aliphatic rings. The van der Waals surface area contributed by atoms with E-state index in [1.54, 1.807) is 13.8 Å². The molecule has 0 radical (unpaired) electrons. The monoisotopic (exact) mass is 205 g/mol. The minimum atomic E-state index is -1.07. The molecule has 1 heterocycles. The van der Waals surface area contributed by atoms with Gasteiger partial charge in [0.2, 0.25) is 11.7 Å². The summed E-state index contributed by atoms with van der Waals surface area (Å²) in [5, 5.41) is 17.6. The van der Waals surface area contributed by atoms with Gasteiger partial charge >= 0.3 is 0 Å². The largest absolute Gasteiger partial charge is 0.443 e. The van der Waals surface area contributed by atoms with E-state index in [0.717, 1.165) is 0 Å². The topological polar surface area (TPSA) is 92.1 Å². The predicted octanol–water partition coefficient (Wildman–Crippen LogP) is 0.913. The summed E-state index contributed by atoms with van der Waals surface area (Å²) in [7, 11) is 0. The molecule has 0 aromatic heterocycles. The Morgan fingerprint density at radius 3 is 2.67 bits per heavy atom. The molecular weight excluding hydrogens is 194 g/mol. The molecule has 0 aromatic carbocycles. The highest BCUT2D eigenvalue weighted by Gasteiger charge is 2.32. The maximum Gasteiger partial charge on any atom is 0.230 e. The Balaban J connectivity index is 3.13. The van der Waals surface area contributed by atoms with Crippen LogP contribution >= 0.6 is 0 Å². The number of hydrogen-bond donors (Lipinski definition) is 1. The lowest BCUT2D eigenvalue weighted by atomic mass is 10.0. The fourth-order valence-corrected chi connectivity index (χ4v) is 1.33. The molecule has 0 bridgehead atoms. The Bertz CT molecular complexity index is 411. The van der Waals surface area contributed by atoms with Crippen LogP contribution in [-0.4, -0.2) is 12.4 Å². The Labute approximate surface area is 88.0 Å². The normalized spacial score (nSPS) is 24.9. The molecule has 1 aliphatic heterocycles. The smallest absolute Gasteiger partial charge is 0.230 e. The third kappa shape index (κ3) is 2.09. The van der Waals surface area contributed by atoms with E-state index in [1.165, 1.54) is 6.08 Å². The molecule has 2 N–H and O–H groups in total. The second-order valence-corrected chi connectivity index (χ2v) is 3.07. The van der Waals surface area contributed by atoms with E-state index in [9.17, 15) is 0 Å². The quantitative estimate of drug-likeness (QED) is 0.723. The van der Waals surface area contributed by atoms with Crippen molar-refractivity contribution in [1.82, 2.24) is 0 Å². The van der Waals surface area contributed by atoms with E-state index in [-0.39, 0.29) is 17.0 Å². The van der Waals surface area contributed by atoms with Crippen molar-refractivity contribution >= 4 is 0 Å². The van der Waals surface area contributed by atoms with Crippen molar-refractivity contribution in [3.8, 4) is 12.1 Å². The molecule has 1 rings (SSSR count). The lowest BCUT2D eigenvalue weighted by Crippen LogP contribution is -2.35. The molecule has 15 heavy (non-hydrogen) atoms. The number of nitriles is 2. The number of nitrogens with two attached hydrogens (primary N) is 1. The van der Waals surface area contributed by atoms with Crippen LogP contribution in [0.5, 0.6) is 0 Å². The van der Waals surface area contributed by atoms with Crippen LogP contribution in [0.1, 0.15) is 13.8 Å². The van der Waals surface area contributed by atoms with Crippen molar-refractivity contribution in [2.75, 3.05) is 6.61 Å². The SMILES string of the molecule is CCO[C@]1(C)C=C(C#N)C(C#N)=C(N)O1. The summed E-state index contributed by atoms with van der Waals surface area (Å²) in [6.45, 7) is 3.85. The van der Waals surface area contributed by atoms with Crippen LogP contribution in [0.3, 0.4) is 0 Å². The number of rotatable bonds is 2. The van der Waals surface area contributed by atoms with E-state index in [2.05, 4.69) is 0 Å². The summed E-state index contributed by atoms with van der Waals surface area (Å²) in [5.41, 5.74) is 5.75. The van der Waals surface area contributed by atoms with Gasteiger partial charge in [0.05, 0.1) is 5.57 Å². The van der Waals surface area contributed by atoms with Crippen molar-refractivity contribution in [2.24, 2.45) is 5.73 Å². The molecule has 5 heteroatoms. The van der Waals surface area contributed by atoms with Crippen LogP contribution in [0.2, 0.25) is 0 Å². The molecule has 0 amide bonds. The van der Waals surface area contributed by atoms with Crippen molar-refractivity contribution in [3.05, 3.63) is 23.1 Å². The zero-order valence-electron chi connectivity index (χ0n) is 8.57. The zero-order chi connectivity index (χ0) is 11.5. The highest BCUT2D eigenvalue weighted by molar-refractivity contribution is 5.53. The summed E-state index contributed by atoms with van der Waals surface area (Å²) >= 11 is 0. The summed E-state index contributed by atoms with van der Waals surface area (Å²) in [6.07, 6.45) is 1.45. The highest BCUT2D eigenvalue weighted by atomic mass is 16.7. The lowest BCUT2D eigenvalue weighted by Gasteiger charge is -2.30. The predicted molar refractivity (Wildman–Crippen MR) is 51.6 cm³/mol. The average molecular weight is 205 g/mol. The highest BCUT2D eigenvalue weighted by Crippen LogP contribution is 2.28. The van der Waals surface area contributed by atoms with Gasteiger partial charge in [-0.25, -0.2) is 0 Å². The summed E-state index contributed by atoms with van der Waals surface area (Å²) in [5.74, 6) is -1.14. The first-order valence-corrected chi connectivity index (χ1v) is 4.42.